The van der Waals surface area contributed by atoms with Crippen LogP contribution in [0.2, 0.25) is 0 Å². The molecule has 2 N–H and O–H groups in total. The first-order valence-electron chi connectivity index (χ1n) is 10.2. The summed E-state index contributed by atoms with van der Waals surface area (Å²) in [6, 6.07) is 20.2. The maximum absolute atomic E-state index is 12.7. The molecule has 0 radical (unpaired) electrons. The highest BCUT2D eigenvalue weighted by atomic mass is 16.6. The molecule has 0 saturated heterocycles. The van der Waals surface area contributed by atoms with Gasteiger partial charge in [-0.15, -0.1) is 0 Å². The summed E-state index contributed by atoms with van der Waals surface area (Å²) in [7, 11) is 1.45. The molecule has 158 valence electrons. The van der Waals surface area contributed by atoms with Crippen molar-refractivity contribution in [2.75, 3.05) is 19.0 Å². The highest BCUT2D eigenvalue weighted by molar-refractivity contribution is 6.05. The molecule has 1 amide bonds. The third-order valence-corrected chi connectivity index (χ3v) is 5.62. The summed E-state index contributed by atoms with van der Waals surface area (Å²) in [6.45, 7) is 2.99. The monoisotopic (exact) mass is 418 g/mol. The predicted molar refractivity (Wildman–Crippen MR) is 117 cm³/mol. The second-order valence-electron chi connectivity index (χ2n) is 7.67. The van der Waals surface area contributed by atoms with Crippen molar-refractivity contribution < 1.29 is 19.4 Å². The second-order valence-corrected chi connectivity index (χ2v) is 7.67. The topological polar surface area (TPSA) is 85.9 Å². The van der Waals surface area contributed by atoms with Crippen molar-refractivity contribution in [1.82, 2.24) is 0 Å². The molecule has 0 saturated carbocycles. The number of rotatable bonds is 6. The molecule has 7 heteroatoms. The molecule has 4 rings (SSSR count). The lowest BCUT2D eigenvalue weighted by atomic mass is 9.99. The number of nitro groups is 1. The van der Waals surface area contributed by atoms with Gasteiger partial charge in [0.1, 0.15) is 18.8 Å². The highest BCUT2D eigenvalue weighted by Gasteiger charge is 2.19. The van der Waals surface area contributed by atoms with Crippen molar-refractivity contribution in [3.63, 3.8) is 0 Å². The van der Waals surface area contributed by atoms with Crippen molar-refractivity contribution in [3.8, 4) is 5.75 Å². The van der Waals surface area contributed by atoms with Crippen molar-refractivity contribution in [1.29, 1.82) is 0 Å². The second kappa shape index (κ2) is 8.97. The minimum absolute atomic E-state index is 0.113. The molecule has 1 aliphatic heterocycles. The first-order valence-corrected chi connectivity index (χ1v) is 10.2. The van der Waals surface area contributed by atoms with Crippen molar-refractivity contribution in [2.24, 2.45) is 0 Å². The smallest absolute Gasteiger partial charge is 0.271 e. The number of carbonyl (C=O) groups is 1. The first kappa shape index (κ1) is 20.6. The lowest BCUT2D eigenvalue weighted by Gasteiger charge is -2.26. The maximum atomic E-state index is 12.7. The number of quaternary nitrogens is 1. The quantitative estimate of drug-likeness (QED) is 0.476. The molecule has 0 spiro atoms. The van der Waals surface area contributed by atoms with Crippen LogP contribution in [0.1, 0.15) is 27.0 Å². The summed E-state index contributed by atoms with van der Waals surface area (Å²) >= 11 is 0. The van der Waals surface area contributed by atoms with E-state index >= 15 is 0 Å². The van der Waals surface area contributed by atoms with E-state index in [1.807, 2.05) is 12.1 Å². The summed E-state index contributed by atoms with van der Waals surface area (Å²) in [5.41, 5.74) is 4.65. The molecule has 1 unspecified atom stereocenters. The number of nitrogens with one attached hydrogen (secondary N) is 2. The van der Waals surface area contributed by atoms with Crippen molar-refractivity contribution in [2.45, 2.75) is 19.5 Å². The summed E-state index contributed by atoms with van der Waals surface area (Å²) in [5, 5.41) is 13.7. The normalized spacial score (nSPS) is 15.1. The lowest BCUT2D eigenvalue weighted by molar-refractivity contribution is -0.929. The van der Waals surface area contributed by atoms with Crippen LogP contribution >= 0.6 is 0 Å². The van der Waals surface area contributed by atoms with Gasteiger partial charge in [0.2, 0.25) is 0 Å². The number of fused-ring (bicyclic) bond motifs is 1. The zero-order chi connectivity index (χ0) is 21.8. The van der Waals surface area contributed by atoms with E-state index in [1.165, 1.54) is 46.9 Å². The molecule has 7 nitrogen and oxygen atoms in total. The molecule has 0 bridgehead atoms. The molecule has 3 aromatic rings. The number of non-ortho nitro benzene ring substituents is 1. The Labute approximate surface area is 180 Å². The summed E-state index contributed by atoms with van der Waals surface area (Å²) in [5.74, 6) is 0.0224. The number of anilines is 1. The Morgan fingerprint density at radius 3 is 2.55 bits per heavy atom. The molecule has 1 atom stereocenters. The number of methoxy groups -OCH3 is 1. The van der Waals surface area contributed by atoms with Crippen LogP contribution in [0.15, 0.2) is 66.7 Å². The average Bonchev–Trinajstić information content (AvgIpc) is 2.79. The average molecular weight is 418 g/mol. The van der Waals surface area contributed by atoms with Gasteiger partial charge in [0.15, 0.2) is 0 Å². The van der Waals surface area contributed by atoms with Gasteiger partial charge in [-0.25, -0.2) is 0 Å². The molecule has 0 aliphatic carbocycles. The van der Waals surface area contributed by atoms with Crippen LogP contribution in [0.5, 0.6) is 5.75 Å². The Balaban J connectivity index is 1.42. The Bertz CT molecular complexity index is 1110. The van der Waals surface area contributed by atoms with Gasteiger partial charge in [-0.05, 0) is 23.8 Å². The number of ether oxygens (including phenoxy) is 1. The highest BCUT2D eigenvalue weighted by Crippen LogP contribution is 2.29. The van der Waals surface area contributed by atoms with E-state index in [-0.39, 0.29) is 17.3 Å². The van der Waals surface area contributed by atoms with Crippen LogP contribution in [0.25, 0.3) is 0 Å². The number of hydrogen-bond donors (Lipinski definition) is 2. The standard InChI is InChI=1S/C24H23N3O4/c1-31-23-11-10-21(27(29)30)14-22(23)25-24(28)19-8-6-17(7-9-19)15-26-13-12-18-4-2-3-5-20(18)16-26/h2-11,14H,12-13,15-16H2,1H3,(H,25,28)/p+1. The Hall–Kier alpha value is -3.71. The Kier molecular flexibility index (Phi) is 5.95. The lowest BCUT2D eigenvalue weighted by Crippen LogP contribution is -3.10. The molecular weight excluding hydrogens is 394 g/mol. The minimum Gasteiger partial charge on any atom is -0.495 e. The van der Waals surface area contributed by atoms with Gasteiger partial charge in [0, 0.05) is 35.2 Å². The van der Waals surface area contributed by atoms with Gasteiger partial charge in [0.05, 0.1) is 24.3 Å². The number of amides is 1. The first-order chi connectivity index (χ1) is 15.0. The zero-order valence-electron chi connectivity index (χ0n) is 17.3. The van der Waals surface area contributed by atoms with Crippen LogP contribution in [-0.2, 0) is 19.5 Å². The Morgan fingerprint density at radius 1 is 1.10 bits per heavy atom. The van der Waals surface area contributed by atoms with E-state index in [1.54, 1.807) is 12.1 Å². The Morgan fingerprint density at radius 2 is 1.84 bits per heavy atom. The number of hydrogen-bond acceptors (Lipinski definition) is 4. The molecule has 0 fully saturated rings. The molecule has 1 heterocycles. The van der Waals surface area contributed by atoms with Crippen LogP contribution in [0.3, 0.4) is 0 Å². The number of benzene rings is 3. The number of nitrogens with zero attached hydrogens (tertiary/aromatic N) is 1. The largest absolute Gasteiger partial charge is 0.495 e. The third-order valence-electron chi connectivity index (χ3n) is 5.62. The molecular formula is C24H24N3O4+. The molecule has 3 aromatic carbocycles. The van der Waals surface area contributed by atoms with E-state index in [9.17, 15) is 14.9 Å². The van der Waals surface area contributed by atoms with Crippen LogP contribution < -0.4 is 15.0 Å². The molecule has 0 aromatic heterocycles. The van der Waals surface area contributed by atoms with Crippen LogP contribution in [0.4, 0.5) is 11.4 Å². The molecule has 31 heavy (non-hydrogen) atoms. The van der Waals surface area contributed by atoms with Gasteiger partial charge >= 0.3 is 0 Å². The van der Waals surface area contributed by atoms with Gasteiger partial charge in [-0.3, -0.25) is 14.9 Å². The van der Waals surface area contributed by atoms with Crippen LogP contribution in [0, 0.1) is 10.1 Å². The minimum atomic E-state index is -0.509. The van der Waals surface area contributed by atoms with Crippen molar-refractivity contribution in [3.05, 3.63) is 99.1 Å². The van der Waals surface area contributed by atoms with E-state index in [0.717, 1.165) is 26.1 Å². The van der Waals surface area contributed by atoms with Gasteiger partial charge in [-0.1, -0.05) is 36.4 Å². The van der Waals surface area contributed by atoms with Crippen molar-refractivity contribution >= 4 is 17.3 Å². The van der Waals surface area contributed by atoms with Gasteiger partial charge in [-0.2, -0.15) is 0 Å². The fraction of sp³-hybridized carbons (Fsp3) is 0.208. The predicted octanol–water partition coefficient (Wildman–Crippen LogP) is 3.00. The van der Waals surface area contributed by atoms with E-state index in [4.69, 9.17) is 4.74 Å². The summed E-state index contributed by atoms with van der Waals surface area (Å²) in [6.07, 6.45) is 1.08. The van der Waals surface area contributed by atoms with E-state index in [2.05, 4.69) is 29.6 Å². The number of carbonyl (C=O) groups excluding carboxylic acids is 1. The summed E-state index contributed by atoms with van der Waals surface area (Å²) in [4.78, 5) is 24.7. The third kappa shape index (κ3) is 4.73. The maximum Gasteiger partial charge on any atom is 0.271 e. The van der Waals surface area contributed by atoms with E-state index in [0.29, 0.717) is 11.3 Å². The summed E-state index contributed by atoms with van der Waals surface area (Å²) < 4.78 is 5.21. The van der Waals surface area contributed by atoms with Gasteiger partial charge < -0.3 is 15.0 Å². The van der Waals surface area contributed by atoms with Gasteiger partial charge in [0.25, 0.3) is 11.6 Å². The van der Waals surface area contributed by atoms with Crippen LogP contribution in [-0.4, -0.2) is 24.5 Å². The fourth-order valence-electron chi connectivity index (χ4n) is 3.96. The SMILES string of the molecule is COc1ccc([N+](=O)[O-])cc1NC(=O)c1ccc(C[NH+]2CCc3ccccc3C2)cc1. The number of nitro benzene ring substituents is 1. The molecule has 1 aliphatic rings. The van der Waals surface area contributed by atoms with E-state index < -0.39 is 4.92 Å². The zero-order valence-corrected chi connectivity index (χ0v) is 17.3. The fourth-order valence-corrected chi connectivity index (χ4v) is 3.96.